The highest BCUT2D eigenvalue weighted by Crippen LogP contribution is 2.35. The third kappa shape index (κ3) is 0.601. The Labute approximate surface area is 39.8 Å². The lowest BCUT2D eigenvalue weighted by Crippen LogP contribution is -1.73. The summed E-state index contributed by atoms with van der Waals surface area (Å²) in [7, 11) is 2.70. The van der Waals surface area contributed by atoms with Crippen LogP contribution in [0.25, 0.3) is 0 Å². The van der Waals surface area contributed by atoms with Crippen LogP contribution in [0.4, 0.5) is 0 Å². The van der Waals surface area contributed by atoms with Crippen molar-refractivity contribution in [1.82, 2.24) is 0 Å². The van der Waals surface area contributed by atoms with Crippen LogP contribution in [0.5, 0.6) is 0 Å². The van der Waals surface area contributed by atoms with Crippen LogP contribution in [0.1, 0.15) is 6.42 Å². The highest BCUT2D eigenvalue weighted by molar-refractivity contribution is 7.18. The minimum atomic E-state index is 0.606. The fourth-order valence-electron chi connectivity index (χ4n) is 0.427. The molecule has 2 heteroatoms. The maximum Gasteiger partial charge on any atom is 0.000421 e. The molecule has 0 aliphatic heterocycles. The van der Waals surface area contributed by atoms with Gasteiger partial charge in [-0.25, -0.2) is 0 Å². The van der Waals surface area contributed by atoms with E-state index in [0.29, 0.717) is 5.92 Å². The molecule has 0 spiro atoms. The SMILES string of the molecule is N=CC1C[C@H]1P. The van der Waals surface area contributed by atoms with Gasteiger partial charge in [0, 0.05) is 5.92 Å². The molecule has 0 amide bonds. The molecule has 1 saturated carbocycles. The molecule has 0 heterocycles. The Kier molecular flexibility index (Phi) is 0.929. The number of hydrogen-bond acceptors (Lipinski definition) is 1. The summed E-state index contributed by atoms with van der Waals surface area (Å²) >= 11 is 0. The summed E-state index contributed by atoms with van der Waals surface area (Å²) in [5, 5.41) is 6.71. The molecule has 6 heavy (non-hydrogen) atoms. The van der Waals surface area contributed by atoms with Gasteiger partial charge in [-0.2, -0.15) is 0 Å². The highest BCUT2D eigenvalue weighted by atomic mass is 31.0. The van der Waals surface area contributed by atoms with Gasteiger partial charge < -0.3 is 5.41 Å². The molecule has 1 rings (SSSR count). The molecule has 3 atom stereocenters. The van der Waals surface area contributed by atoms with Crippen molar-refractivity contribution in [3.05, 3.63) is 0 Å². The molecular formula is C4H8NP. The van der Waals surface area contributed by atoms with Crippen LogP contribution in [-0.4, -0.2) is 11.9 Å². The van der Waals surface area contributed by atoms with Gasteiger partial charge in [0.25, 0.3) is 0 Å². The van der Waals surface area contributed by atoms with Crippen molar-refractivity contribution in [2.75, 3.05) is 0 Å². The van der Waals surface area contributed by atoms with Crippen molar-refractivity contribution < 1.29 is 0 Å². The van der Waals surface area contributed by atoms with Gasteiger partial charge in [0.05, 0.1) is 0 Å². The van der Waals surface area contributed by atoms with Gasteiger partial charge in [0.2, 0.25) is 0 Å². The second-order valence-electron chi connectivity index (χ2n) is 1.73. The van der Waals surface area contributed by atoms with E-state index in [1.165, 1.54) is 12.6 Å². The lowest BCUT2D eigenvalue weighted by Gasteiger charge is -1.70. The lowest BCUT2D eigenvalue weighted by atomic mass is 10.5. The zero-order valence-electron chi connectivity index (χ0n) is 3.52. The van der Waals surface area contributed by atoms with Crippen molar-refractivity contribution in [2.45, 2.75) is 12.1 Å². The first-order chi connectivity index (χ1) is 2.84. The monoisotopic (exact) mass is 101 g/mol. The second kappa shape index (κ2) is 1.31. The van der Waals surface area contributed by atoms with Crippen LogP contribution in [0.3, 0.4) is 0 Å². The quantitative estimate of drug-likeness (QED) is 0.375. The van der Waals surface area contributed by atoms with Crippen molar-refractivity contribution in [2.24, 2.45) is 5.92 Å². The normalized spacial score (nSPS) is 42.2. The first kappa shape index (κ1) is 4.26. The molecular weight excluding hydrogens is 93.0 g/mol. The molecule has 0 aromatic carbocycles. The average Bonchev–Trinajstić information content (AvgIpc) is 2.19. The van der Waals surface area contributed by atoms with Gasteiger partial charge >= 0.3 is 0 Å². The molecule has 1 nitrogen and oxygen atoms in total. The van der Waals surface area contributed by atoms with E-state index in [0.717, 1.165) is 5.66 Å². The molecule has 1 aliphatic rings. The Morgan fingerprint density at radius 2 is 2.33 bits per heavy atom. The Balaban J connectivity index is 2.25. The molecule has 0 aromatic rings. The molecule has 1 fully saturated rings. The van der Waals surface area contributed by atoms with Crippen LogP contribution < -0.4 is 0 Å². The third-order valence-corrected chi connectivity index (χ3v) is 1.87. The van der Waals surface area contributed by atoms with Gasteiger partial charge in [0.1, 0.15) is 0 Å². The molecule has 34 valence electrons. The minimum absolute atomic E-state index is 0.606. The number of rotatable bonds is 1. The van der Waals surface area contributed by atoms with E-state index >= 15 is 0 Å². The zero-order chi connectivity index (χ0) is 4.57. The van der Waals surface area contributed by atoms with Gasteiger partial charge in [0.15, 0.2) is 0 Å². The molecule has 0 saturated heterocycles. The number of hydrogen-bond donors (Lipinski definition) is 1. The van der Waals surface area contributed by atoms with Crippen LogP contribution in [0.2, 0.25) is 0 Å². The minimum Gasteiger partial charge on any atom is -0.313 e. The van der Waals surface area contributed by atoms with Crippen LogP contribution in [0, 0.1) is 11.3 Å². The summed E-state index contributed by atoms with van der Waals surface area (Å²) in [6.45, 7) is 0. The van der Waals surface area contributed by atoms with Crippen molar-refractivity contribution in [3.8, 4) is 0 Å². The largest absolute Gasteiger partial charge is 0.313 e. The van der Waals surface area contributed by atoms with E-state index in [9.17, 15) is 0 Å². The smallest absolute Gasteiger partial charge is 0.000421 e. The van der Waals surface area contributed by atoms with Crippen molar-refractivity contribution in [1.29, 1.82) is 5.41 Å². The van der Waals surface area contributed by atoms with E-state index in [-0.39, 0.29) is 0 Å². The summed E-state index contributed by atoms with van der Waals surface area (Å²) in [4.78, 5) is 0. The highest BCUT2D eigenvalue weighted by Gasteiger charge is 2.29. The van der Waals surface area contributed by atoms with E-state index in [4.69, 9.17) is 5.41 Å². The van der Waals surface area contributed by atoms with Gasteiger partial charge in [-0.1, -0.05) is 0 Å². The zero-order valence-corrected chi connectivity index (χ0v) is 4.67. The average molecular weight is 101 g/mol. The Bertz CT molecular complexity index is 71.9. The first-order valence-electron chi connectivity index (χ1n) is 2.11. The maximum atomic E-state index is 6.71. The fourth-order valence-corrected chi connectivity index (χ4v) is 0.853. The topological polar surface area (TPSA) is 23.9 Å². The summed E-state index contributed by atoms with van der Waals surface area (Å²) in [6.07, 6.45) is 2.74. The van der Waals surface area contributed by atoms with Crippen LogP contribution >= 0.6 is 9.24 Å². The molecule has 2 unspecified atom stereocenters. The first-order valence-corrected chi connectivity index (χ1v) is 2.77. The standard InChI is InChI=1S/C4H8NP/c5-2-3-1-4(3)6/h2-5H,1,6H2/t3?,4-/m1/s1. The molecule has 1 N–H and O–H groups in total. The number of nitrogens with one attached hydrogen (secondary N) is 1. The Morgan fingerprint density at radius 1 is 1.83 bits per heavy atom. The lowest BCUT2D eigenvalue weighted by molar-refractivity contribution is 1.22. The van der Waals surface area contributed by atoms with Crippen molar-refractivity contribution >= 4 is 15.5 Å². The Morgan fingerprint density at radius 3 is 2.33 bits per heavy atom. The third-order valence-electron chi connectivity index (χ3n) is 1.11. The predicted octanol–water partition coefficient (Wildman–Crippen LogP) is 0.900. The molecule has 0 aromatic heterocycles. The van der Waals surface area contributed by atoms with Crippen LogP contribution in [0.15, 0.2) is 0 Å². The summed E-state index contributed by atoms with van der Waals surface area (Å²) in [5.41, 5.74) is 0.738. The van der Waals surface area contributed by atoms with Crippen molar-refractivity contribution in [3.63, 3.8) is 0 Å². The van der Waals surface area contributed by atoms with E-state index in [1.807, 2.05) is 0 Å². The van der Waals surface area contributed by atoms with Gasteiger partial charge in [-0.3, -0.25) is 0 Å². The predicted molar refractivity (Wildman–Crippen MR) is 30.4 cm³/mol. The van der Waals surface area contributed by atoms with E-state index in [2.05, 4.69) is 9.24 Å². The van der Waals surface area contributed by atoms with E-state index in [1.54, 1.807) is 0 Å². The fraction of sp³-hybridized carbons (Fsp3) is 0.750. The molecule has 0 radical (unpaired) electrons. The summed E-state index contributed by atoms with van der Waals surface area (Å²) < 4.78 is 0. The second-order valence-corrected chi connectivity index (χ2v) is 2.59. The van der Waals surface area contributed by atoms with Gasteiger partial charge in [-0.05, 0) is 18.3 Å². The molecule has 1 aliphatic carbocycles. The maximum absolute atomic E-state index is 6.71. The Hall–Kier alpha value is 0.100. The van der Waals surface area contributed by atoms with Crippen LogP contribution in [-0.2, 0) is 0 Å². The van der Waals surface area contributed by atoms with Gasteiger partial charge in [-0.15, -0.1) is 9.24 Å². The summed E-state index contributed by atoms with van der Waals surface area (Å²) in [6, 6.07) is 0. The summed E-state index contributed by atoms with van der Waals surface area (Å²) in [5.74, 6) is 0.606. The van der Waals surface area contributed by atoms with E-state index < -0.39 is 0 Å². The molecule has 0 bridgehead atoms.